The zero-order valence-electron chi connectivity index (χ0n) is 12.6. The molecule has 116 valence electrons. The van der Waals surface area contributed by atoms with Gasteiger partial charge in [-0.25, -0.2) is 0 Å². The van der Waals surface area contributed by atoms with Gasteiger partial charge in [-0.3, -0.25) is 10.1 Å². The predicted octanol–water partition coefficient (Wildman–Crippen LogP) is 2.88. The quantitative estimate of drug-likeness (QED) is 0.449. The molecule has 4 nitrogen and oxygen atoms in total. The number of carbonyl (C=O) groups excluding carboxylic acids is 1. The number of rotatable bonds is 6. The highest BCUT2D eigenvalue weighted by atomic mass is 31.0. The van der Waals surface area contributed by atoms with E-state index in [1.807, 2.05) is 20.8 Å². The lowest BCUT2D eigenvalue weighted by Gasteiger charge is -2.30. The van der Waals surface area contributed by atoms with Crippen molar-refractivity contribution in [3.05, 3.63) is 0 Å². The van der Waals surface area contributed by atoms with Gasteiger partial charge >= 0.3 is 5.97 Å². The first-order valence-electron chi connectivity index (χ1n) is 6.49. The molecule has 2 N–H and O–H groups in total. The van der Waals surface area contributed by atoms with Gasteiger partial charge in [0.05, 0.1) is 0 Å². The Kier molecular flexibility index (Phi) is 9.88. The molecule has 0 aromatic carbocycles. The second kappa shape index (κ2) is 8.89. The van der Waals surface area contributed by atoms with Crippen LogP contribution >= 0.6 is 9.39 Å². The van der Waals surface area contributed by atoms with Gasteiger partial charge in [-0.15, -0.1) is 0 Å². The van der Waals surface area contributed by atoms with Gasteiger partial charge in [-0.05, 0) is 60.9 Å². The van der Waals surface area contributed by atoms with Crippen molar-refractivity contribution in [2.24, 2.45) is 0 Å². The van der Waals surface area contributed by atoms with E-state index in [1.165, 1.54) is 0 Å². The van der Waals surface area contributed by atoms with Crippen molar-refractivity contribution in [3.8, 4) is 0 Å². The third kappa shape index (κ3) is 12.6. The molecule has 0 amide bonds. The summed E-state index contributed by atoms with van der Waals surface area (Å²) in [5, 5.41) is 6.34. The molecule has 0 spiro atoms. The number of esters is 1. The minimum atomic E-state index is -0.437. The van der Waals surface area contributed by atoms with E-state index < -0.39 is 5.60 Å². The minimum Gasteiger partial charge on any atom is -0.459 e. The average Bonchev–Trinajstić information content (AvgIpc) is 2.11. The minimum absolute atomic E-state index is 0. The van der Waals surface area contributed by atoms with Gasteiger partial charge in [0.15, 0.2) is 0 Å². The molecule has 0 aromatic heterocycles. The van der Waals surface area contributed by atoms with E-state index in [0.29, 0.717) is 0 Å². The Hall–Kier alpha value is -0.180. The molecule has 2 atom stereocenters. The first kappa shape index (κ1) is 21.1. The van der Waals surface area contributed by atoms with Crippen molar-refractivity contribution in [3.63, 3.8) is 0 Å². The van der Waals surface area contributed by atoms with Crippen LogP contribution in [0.5, 0.6) is 0 Å². The highest BCUT2D eigenvalue weighted by Gasteiger charge is 2.27. The summed E-state index contributed by atoms with van der Waals surface area (Å²) in [6, 6.07) is -0.248. The van der Waals surface area contributed by atoms with Gasteiger partial charge in [0.1, 0.15) is 11.6 Å². The van der Waals surface area contributed by atoms with Crippen molar-refractivity contribution in [2.45, 2.75) is 79.0 Å². The first-order chi connectivity index (χ1) is 8.05. The van der Waals surface area contributed by atoms with Crippen molar-refractivity contribution < 1.29 is 9.53 Å². The van der Waals surface area contributed by atoms with Crippen LogP contribution in [0, 0.1) is 0 Å². The zero-order valence-corrected chi connectivity index (χ0v) is 13.7. The number of hydrogen-bond acceptors (Lipinski definition) is 4. The SMILES string of the molecule is C.CC(C)(C)NC(CCCNP)C(=O)OC(C)(C)C. The summed E-state index contributed by atoms with van der Waals surface area (Å²) in [4.78, 5) is 12.1. The van der Waals surface area contributed by atoms with Gasteiger partial charge in [-0.1, -0.05) is 16.8 Å². The van der Waals surface area contributed by atoms with Crippen molar-refractivity contribution >= 4 is 15.4 Å². The van der Waals surface area contributed by atoms with Gasteiger partial charge in [0.25, 0.3) is 0 Å². The number of nitrogens with one attached hydrogen (secondary N) is 2. The maximum absolute atomic E-state index is 12.1. The van der Waals surface area contributed by atoms with E-state index in [9.17, 15) is 4.79 Å². The largest absolute Gasteiger partial charge is 0.459 e. The summed E-state index contributed by atoms with van der Waals surface area (Å²) in [6.07, 6.45) is 1.70. The van der Waals surface area contributed by atoms with Gasteiger partial charge in [-0.2, -0.15) is 0 Å². The van der Waals surface area contributed by atoms with Gasteiger partial charge in [0.2, 0.25) is 0 Å². The van der Waals surface area contributed by atoms with Crippen LogP contribution in [0.3, 0.4) is 0 Å². The molecule has 0 aliphatic carbocycles. The van der Waals surface area contributed by atoms with Crippen molar-refractivity contribution in [1.29, 1.82) is 0 Å². The summed E-state index contributed by atoms with van der Waals surface area (Å²) in [7, 11) is 2.47. The zero-order chi connectivity index (χ0) is 14.4. The maximum atomic E-state index is 12.1. The lowest BCUT2D eigenvalue weighted by molar-refractivity contribution is -0.158. The van der Waals surface area contributed by atoms with Crippen LogP contribution in [0.4, 0.5) is 0 Å². The van der Waals surface area contributed by atoms with Crippen LogP contribution in [-0.2, 0) is 9.53 Å². The molecule has 2 unspecified atom stereocenters. The molecular weight excluding hydrogens is 259 g/mol. The molecule has 0 fully saturated rings. The lowest BCUT2D eigenvalue weighted by Crippen LogP contribution is -2.49. The van der Waals surface area contributed by atoms with Crippen LogP contribution in [0.15, 0.2) is 0 Å². The lowest BCUT2D eigenvalue weighted by atomic mass is 10.0. The molecule has 0 saturated heterocycles. The molecular formula is C14H33N2O2P. The molecule has 0 aliphatic rings. The van der Waals surface area contributed by atoms with Crippen molar-refractivity contribution in [1.82, 2.24) is 10.4 Å². The molecule has 5 heteroatoms. The molecule has 0 saturated carbocycles. The van der Waals surface area contributed by atoms with E-state index in [2.05, 4.69) is 40.6 Å². The maximum Gasteiger partial charge on any atom is 0.323 e. The Balaban J connectivity index is 0. The Labute approximate surface area is 121 Å². The van der Waals surface area contributed by atoms with Crippen LogP contribution in [0.25, 0.3) is 0 Å². The monoisotopic (exact) mass is 292 g/mol. The molecule has 0 heterocycles. The fourth-order valence-electron chi connectivity index (χ4n) is 1.55. The first-order valence-corrected chi connectivity index (χ1v) is 7.07. The Morgan fingerprint density at radius 1 is 1.21 bits per heavy atom. The highest BCUT2D eigenvalue weighted by Crippen LogP contribution is 2.13. The Bertz CT molecular complexity index is 257. The Morgan fingerprint density at radius 3 is 2.11 bits per heavy atom. The molecule has 0 aliphatic heterocycles. The van der Waals surface area contributed by atoms with Gasteiger partial charge < -0.3 is 9.82 Å². The normalized spacial score (nSPS) is 13.6. The molecule has 19 heavy (non-hydrogen) atoms. The summed E-state index contributed by atoms with van der Waals surface area (Å²) in [5.41, 5.74) is -0.538. The van der Waals surface area contributed by atoms with Crippen LogP contribution in [-0.4, -0.2) is 29.7 Å². The third-order valence-corrected chi connectivity index (χ3v) is 2.40. The van der Waals surface area contributed by atoms with Gasteiger partial charge in [0, 0.05) is 5.54 Å². The van der Waals surface area contributed by atoms with E-state index in [4.69, 9.17) is 4.74 Å². The smallest absolute Gasteiger partial charge is 0.323 e. The van der Waals surface area contributed by atoms with Crippen LogP contribution in [0.2, 0.25) is 0 Å². The third-order valence-electron chi connectivity index (χ3n) is 2.11. The van der Waals surface area contributed by atoms with Crippen molar-refractivity contribution in [2.75, 3.05) is 6.54 Å². The van der Waals surface area contributed by atoms with Crippen LogP contribution in [0.1, 0.15) is 61.8 Å². The Morgan fingerprint density at radius 2 is 1.74 bits per heavy atom. The van der Waals surface area contributed by atoms with E-state index >= 15 is 0 Å². The standard InChI is InChI=1S/C13H29N2O2P.CH4/c1-12(2,3)15-10(8-7-9-14-18)11(16)17-13(4,5)6;/h10,14-15H,7-9,18H2,1-6H3;1H4. The second-order valence-electron chi connectivity index (χ2n) is 6.58. The van der Waals surface area contributed by atoms with Crippen LogP contribution < -0.4 is 10.4 Å². The molecule has 0 bridgehead atoms. The topological polar surface area (TPSA) is 50.4 Å². The predicted molar refractivity (Wildman–Crippen MR) is 86.2 cm³/mol. The van der Waals surface area contributed by atoms with E-state index in [1.54, 1.807) is 0 Å². The fraction of sp³-hybridized carbons (Fsp3) is 0.929. The number of carbonyl (C=O) groups is 1. The van der Waals surface area contributed by atoms with E-state index in [-0.39, 0.29) is 25.0 Å². The number of hydrogen-bond donors (Lipinski definition) is 2. The summed E-state index contributed by atoms with van der Waals surface area (Å²) in [5.74, 6) is -0.166. The summed E-state index contributed by atoms with van der Waals surface area (Å²) < 4.78 is 5.45. The fourth-order valence-corrected chi connectivity index (χ4v) is 1.76. The molecule has 0 radical (unpaired) electrons. The van der Waals surface area contributed by atoms with E-state index in [0.717, 1.165) is 19.4 Å². The molecule has 0 rings (SSSR count). The number of ether oxygens (including phenoxy) is 1. The highest BCUT2D eigenvalue weighted by molar-refractivity contribution is 7.13. The molecule has 0 aromatic rings. The summed E-state index contributed by atoms with van der Waals surface area (Å²) in [6.45, 7) is 12.7. The average molecular weight is 292 g/mol. The summed E-state index contributed by atoms with van der Waals surface area (Å²) >= 11 is 0. The second-order valence-corrected chi connectivity index (χ2v) is 6.98.